The van der Waals surface area contributed by atoms with Gasteiger partial charge in [-0.05, 0) is 17.5 Å². The van der Waals surface area contributed by atoms with Crippen LogP contribution >= 0.6 is 0 Å². The third-order valence-electron chi connectivity index (χ3n) is 5.53. The Hall–Kier alpha value is -3.41. The zero-order chi connectivity index (χ0) is 25.2. The van der Waals surface area contributed by atoms with Crippen LogP contribution < -0.4 is 10.6 Å². The zero-order valence-electron chi connectivity index (χ0n) is 19.4. The molecule has 1 aliphatic rings. The van der Waals surface area contributed by atoms with Gasteiger partial charge < -0.3 is 20.6 Å². The zero-order valence-corrected chi connectivity index (χ0v) is 19.4. The van der Waals surface area contributed by atoms with E-state index in [-0.39, 0.29) is 36.7 Å². The molecule has 1 aliphatic heterocycles. The van der Waals surface area contributed by atoms with Gasteiger partial charge in [0.25, 0.3) is 0 Å². The van der Waals surface area contributed by atoms with Crippen molar-refractivity contribution in [3.8, 4) is 0 Å². The molecule has 12 heteroatoms. The maximum Gasteiger partial charge on any atom is 0.248 e. The second kappa shape index (κ2) is 9.84. The molecule has 184 valence electrons. The average molecular weight is 479 g/mol. The molecule has 34 heavy (non-hydrogen) atoms. The number of halogens is 2. The van der Waals surface area contributed by atoms with Gasteiger partial charge in [-0.1, -0.05) is 26.0 Å². The fourth-order valence-electron chi connectivity index (χ4n) is 3.97. The molecule has 1 aromatic heterocycles. The Balaban J connectivity index is 1.77. The van der Waals surface area contributed by atoms with Crippen molar-refractivity contribution in [2.45, 2.75) is 51.8 Å². The molecular formula is C22H28F2N6O4. The highest BCUT2D eigenvalue weighted by molar-refractivity contribution is 5.92. The van der Waals surface area contributed by atoms with Crippen LogP contribution in [0, 0.1) is 17.0 Å². The van der Waals surface area contributed by atoms with E-state index in [4.69, 9.17) is 0 Å². The van der Waals surface area contributed by atoms with E-state index in [2.05, 4.69) is 20.9 Å². The summed E-state index contributed by atoms with van der Waals surface area (Å²) >= 11 is 0. The quantitative estimate of drug-likeness (QED) is 0.569. The first kappa shape index (κ1) is 25.2. The fourth-order valence-corrected chi connectivity index (χ4v) is 3.97. The summed E-state index contributed by atoms with van der Waals surface area (Å²) in [4.78, 5) is 39.4. The van der Waals surface area contributed by atoms with Crippen molar-refractivity contribution in [1.29, 1.82) is 0 Å². The Morgan fingerprint density at radius 2 is 1.94 bits per heavy atom. The molecule has 3 atom stereocenters. The number of nitrogens with one attached hydrogen (secondary N) is 2. The van der Waals surface area contributed by atoms with E-state index in [1.165, 1.54) is 28.9 Å². The minimum atomic E-state index is -1.09. The third-order valence-corrected chi connectivity index (χ3v) is 5.53. The summed E-state index contributed by atoms with van der Waals surface area (Å²) in [5, 5.41) is 23.1. The Morgan fingerprint density at radius 1 is 1.24 bits per heavy atom. The van der Waals surface area contributed by atoms with E-state index >= 15 is 0 Å². The highest BCUT2D eigenvalue weighted by Crippen LogP contribution is 2.34. The lowest BCUT2D eigenvalue weighted by Crippen LogP contribution is -2.49. The van der Waals surface area contributed by atoms with Crippen molar-refractivity contribution in [3.05, 3.63) is 41.7 Å². The van der Waals surface area contributed by atoms with Gasteiger partial charge in [0, 0.05) is 38.0 Å². The van der Waals surface area contributed by atoms with Crippen LogP contribution in [0.4, 0.5) is 14.5 Å². The lowest BCUT2D eigenvalue weighted by molar-refractivity contribution is -0.144. The van der Waals surface area contributed by atoms with Crippen molar-refractivity contribution >= 4 is 23.4 Å². The first-order valence-electron chi connectivity index (χ1n) is 10.8. The van der Waals surface area contributed by atoms with E-state index < -0.39 is 47.1 Å². The molecule has 0 bridgehead atoms. The van der Waals surface area contributed by atoms with Gasteiger partial charge in [0.15, 0.2) is 11.6 Å². The molecule has 3 N–H and O–H groups in total. The Kier molecular flexibility index (Phi) is 7.29. The fraction of sp³-hybridized carbons (Fsp3) is 0.500. The number of aromatic nitrogens is 3. The molecule has 2 heterocycles. The number of aliphatic hydroxyl groups is 1. The number of anilines is 1. The van der Waals surface area contributed by atoms with Crippen molar-refractivity contribution < 1.29 is 28.3 Å². The Bertz CT molecular complexity index is 1080. The number of nitrogens with zero attached hydrogens (tertiary/aromatic N) is 4. The molecule has 0 radical (unpaired) electrons. The van der Waals surface area contributed by atoms with E-state index in [0.717, 1.165) is 12.1 Å². The molecule has 0 saturated carbocycles. The minimum Gasteiger partial charge on any atom is -0.391 e. The number of aliphatic hydroxyl groups excluding tert-OH is 1. The van der Waals surface area contributed by atoms with E-state index in [1.807, 2.05) is 20.8 Å². The normalized spacial score (nSPS) is 19.1. The topological polar surface area (TPSA) is 129 Å². The summed E-state index contributed by atoms with van der Waals surface area (Å²) < 4.78 is 27.8. The van der Waals surface area contributed by atoms with Crippen LogP contribution in [0.2, 0.25) is 0 Å². The van der Waals surface area contributed by atoms with Crippen molar-refractivity contribution in [1.82, 2.24) is 25.2 Å². The van der Waals surface area contributed by atoms with Gasteiger partial charge in [0.1, 0.15) is 12.1 Å². The van der Waals surface area contributed by atoms with E-state index in [9.17, 15) is 28.3 Å². The lowest BCUT2D eigenvalue weighted by Gasteiger charge is -2.34. The molecule has 0 spiro atoms. The molecule has 0 aliphatic carbocycles. The van der Waals surface area contributed by atoms with Gasteiger partial charge in [-0.3, -0.25) is 14.4 Å². The highest BCUT2D eigenvalue weighted by atomic mass is 19.2. The first-order valence-corrected chi connectivity index (χ1v) is 10.8. The third kappa shape index (κ3) is 5.56. The standard InChI is InChI=1S/C22H28F2N6O4/c1-22(2,3)19(21(34)29-11-14(31)9-17(29)20(33)25-4)30-10-13(27-28-30)8-18(32)26-12-5-6-15(23)16(24)7-12/h5-7,10,14,17,19,31H,8-9,11H2,1-4H3,(H,25,33)(H,26,32)/t14?,17-,19?/m1/s1. The van der Waals surface area contributed by atoms with Gasteiger partial charge in [-0.2, -0.15) is 0 Å². The number of carbonyl (C=O) groups excluding carboxylic acids is 3. The van der Waals surface area contributed by atoms with Crippen LogP contribution in [0.25, 0.3) is 0 Å². The second-order valence-electron chi connectivity index (χ2n) is 9.32. The van der Waals surface area contributed by atoms with Crippen LogP contribution in [0.3, 0.4) is 0 Å². The lowest BCUT2D eigenvalue weighted by atomic mass is 9.85. The smallest absolute Gasteiger partial charge is 0.248 e. The Labute approximate surface area is 195 Å². The number of amides is 3. The second-order valence-corrected chi connectivity index (χ2v) is 9.32. The summed E-state index contributed by atoms with van der Waals surface area (Å²) in [5.41, 5.74) is -0.296. The minimum absolute atomic E-state index is 0.0156. The monoisotopic (exact) mass is 478 g/mol. The average Bonchev–Trinajstić information content (AvgIpc) is 3.35. The van der Waals surface area contributed by atoms with Gasteiger partial charge >= 0.3 is 0 Å². The molecular weight excluding hydrogens is 450 g/mol. The summed E-state index contributed by atoms with van der Waals surface area (Å²) in [6, 6.07) is 1.34. The van der Waals surface area contributed by atoms with Gasteiger partial charge in [0.05, 0.1) is 18.2 Å². The molecule has 2 unspecified atom stereocenters. The predicted octanol–water partition coefficient (Wildman–Crippen LogP) is 1.03. The number of likely N-dealkylation sites (tertiary alicyclic amines) is 1. The predicted molar refractivity (Wildman–Crippen MR) is 117 cm³/mol. The maximum absolute atomic E-state index is 13.5. The molecule has 10 nitrogen and oxygen atoms in total. The summed E-state index contributed by atoms with van der Waals surface area (Å²) in [7, 11) is 1.46. The van der Waals surface area contributed by atoms with Crippen LogP contribution in [0.15, 0.2) is 24.4 Å². The number of benzene rings is 1. The van der Waals surface area contributed by atoms with Crippen LogP contribution in [-0.2, 0) is 20.8 Å². The van der Waals surface area contributed by atoms with Crippen molar-refractivity contribution in [2.75, 3.05) is 18.9 Å². The summed E-state index contributed by atoms with van der Waals surface area (Å²) in [5.74, 6) is -3.41. The Morgan fingerprint density at radius 3 is 2.56 bits per heavy atom. The molecule has 2 aromatic rings. The number of hydrogen-bond donors (Lipinski definition) is 3. The largest absolute Gasteiger partial charge is 0.391 e. The SMILES string of the molecule is CNC(=O)[C@H]1CC(O)CN1C(=O)C(n1cc(CC(=O)Nc2ccc(F)c(F)c2)nn1)C(C)(C)C. The number of carbonyl (C=O) groups is 3. The molecule has 1 fully saturated rings. The first-order chi connectivity index (χ1) is 15.9. The maximum atomic E-state index is 13.5. The van der Waals surface area contributed by atoms with E-state index in [0.29, 0.717) is 0 Å². The summed E-state index contributed by atoms with van der Waals surface area (Å²) in [6.45, 7) is 5.50. The van der Waals surface area contributed by atoms with Crippen molar-refractivity contribution in [2.24, 2.45) is 5.41 Å². The summed E-state index contributed by atoms with van der Waals surface area (Å²) in [6.07, 6.45) is 0.556. The number of β-amino-alcohol motifs (C(OH)–C–C–N with tert-alkyl or cyclic N) is 1. The number of rotatable bonds is 6. The van der Waals surface area contributed by atoms with Gasteiger partial charge in [-0.15, -0.1) is 5.10 Å². The van der Waals surface area contributed by atoms with Crippen molar-refractivity contribution in [3.63, 3.8) is 0 Å². The van der Waals surface area contributed by atoms with E-state index in [1.54, 1.807) is 0 Å². The van der Waals surface area contributed by atoms with Crippen LogP contribution in [0.1, 0.15) is 38.9 Å². The molecule has 1 aromatic carbocycles. The van der Waals surface area contributed by atoms with Gasteiger partial charge in [-0.25, -0.2) is 13.5 Å². The molecule has 1 saturated heterocycles. The number of likely N-dealkylation sites (N-methyl/N-ethyl adjacent to an activating group) is 1. The number of hydrogen-bond acceptors (Lipinski definition) is 6. The van der Waals surface area contributed by atoms with Crippen LogP contribution in [-0.4, -0.2) is 68.5 Å². The molecule has 3 rings (SSSR count). The molecule has 3 amide bonds. The highest BCUT2D eigenvalue weighted by Gasteiger charge is 2.45. The van der Waals surface area contributed by atoms with Crippen LogP contribution in [0.5, 0.6) is 0 Å². The van der Waals surface area contributed by atoms with Gasteiger partial charge in [0.2, 0.25) is 17.7 Å².